The van der Waals surface area contributed by atoms with Crippen molar-refractivity contribution >= 4 is 27.5 Å². The van der Waals surface area contributed by atoms with E-state index in [2.05, 4.69) is 26.2 Å². The summed E-state index contributed by atoms with van der Waals surface area (Å²) in [5.74, 6) is -1.47. The molecule has 0 saturated heterocycles. The Kier molecular flexibility index (Phi) is 4.34. The zero-order valence-corrected chi connectivity index (χ0v) is 12.4. The number of halogens is 2. The highest BCUT2D eigenvalue weighted by molar-refractivity contribution is 9.10. The monoisotopic (exact) mass is 337 g/mol. The van der Waals surface area contributed by atoms with Crippen LogP contribution in [0.25, 0.3) is 0 Å². The maximum Gasteiger partial charge on any atom is 0.253 e. The van der Waals surface area contributed by atoms with Gasteiger partial charge in [-0.25, -0.2) is 4.39 Å². The van der Waals surface area contributed by atoms with Gasteiger partial charge >= 0.3 is 0 Å². The Hall–Kier alpha value is -1.95. The molecule has 4 nitrogen and oxygen atoms in total. The van der Waals surface area contributed by atoms with Gasteiger partial charge in [-0.05, 0) is 30.7 Å². The van der Waals surface area contributed by atoms with E-state index < -0.39 is 11.7 Å². The number of aryl methyl sites for hydroxylation is 1. The Morgan fingerprint density at radius 2 is 2.25 bits per heavy atom. The molecular weight excluding hydrogens is 325 g/mol. The molecule has 0 radical (unpaired) electrons. The van der Waals surface area contributed by atoms with E-state index in [4.69, 9.17) is 5.73 Å². The lowest BCUT2D eigenvalue weighted by Crippen LogP contribution is -2.17. The number of benzene rings is 1. The van der Waals surface area contributed by atoms with Gasteiger partial charge in [-0.3, -0.25) is 9.78 Å². The molecule has 2 rings (SSSR count). The molecule has 0 fully saturated rings. The molecule has 0 bridgehead atoms. The first kappa shape index (κ1) is 14.5. The molecular formula is C14H13BrFN3O. The number of pyridine rings is 1. The van der Waals surface area contributed by atoms with Crippen LogP contribution >= 0.6 is 15.9 Å². The van der Waals surface area contributed by atoms with Gasteiger partial charge in [-0.1, -0.05) is 22.0 Å². The smallest absolute Gasteiger partial charge is 0.253 e. The number of anilines is 1. The average Bonchev–Trinajstić information content (AvgIpc) is 2.36. The Balaban J connectivity index is 2.30. The number of carbonyl (C=O) groups is 1. The Bertz CT molecular complexity index is 661. The fourth-order valence-electron chi connectivity index (χ4n) is 1.85. The normalized spacial score (nSPS) is 10.3. The van der Waals surface area contributed by atoms with E-state index in [1.807, 2.05) is 19.1 Å². The summed E-state index contributed by atoms with van der Waals surface area (Å²) in [6.07, 6.45) is 1.68. The molecule has 1 amide bonds. The molecule has 0 spiro atoms. The maximum absolute atomic E-state index is 13.8. The zero-order chi connectivity index (χ0) is 14.7. The summed E-state index contributed by atoms with van der Waals surface area (Å²) in [4.78, 5) is 15.6. The number of hydrogen-bond donors (Lipinski definition) is 2. The fourth-order valence-corrected chi connectivity index (χ4v) is 2.28. The predicted octanol–water partition coefficient (Wildman–Crippen LogP) is 3.00. The minimum atomic E-state index is -0.810. The van der Waals surface area contributed by atoms with Crippen molar-refractivity contribution in [1.29, 1.82) is 0 Å². The lowest BCUT2D eigenvalue weighted by Gasteiger charge is -2.12. The molecule has 0 atom stereocenters. The van der Waals surface area contributed by atoms with Crippen LogP contribution in [0.5, 0.6) is 0 Å². The molecule has 0 aliphatic rings. The van der Waals surface area contributed by atoms with E-state index in [0.717, 1.165) is 11.3 Å². The van der Waals surface area contributed by atoms with Crippen molar-refractivity contribution in [3.05, 3.63) is 57.6 Å². The van der Waals surface area contributed by atoms with E-state index in [1.54, 1.807) is 12.3 Å². The number of carbonyl (C=O) groups excluding carboxylic acids is 1. The lowest BCUT2D eigenvalue weighted by atomic mass is 10.1. The summed E-state index contributed by atoms with van der Waals surface area (Å²) >= 11 is 3.19. The van der Waals surface area contributed by atoms with Crippen molar-refractivity contribution in [3.8, 4) is 0 Å². The summed E-state index contributed by atoms with van der Waals surface area (Å²) in [5.41, 5.74) is 7.24. The third kappa shape index (κ3) is 3.14. The van der Waals surface area contributed by atoms with E-state index in [0.29, 0.717) is 16.7 Å². The Morgan fingerprint density at radius 3 is 2.90 bits per heavy atom. The highest BCUT2D eigenvalue weighted by atomic mass is 79.9. The van der Waals surface area contributed by atoms with Crippen LogP contribution in [-0.4, -0.2) is 10.9 Å². The molecule has 1 aromatic heterocycles. The van der Waals surface area contributed by atoms with Crippen LogP contribution in [0.2, 0.25) is 0 Å². The van der Waals surface area contributed by atoms with Crippen molar-refractivity contribution in [3.63, 3.8) is 0 Å². The van der Waals surface area contributed by atoms with Crippen LogP contribution in [0.4, 0.5) is 10.1 Å². The summed E-state index contributed by atoms with van der Waals surface area (Å²) in [6, 6.07) is 6.59. The number of primary amides is 1. The van der Waals surface area contributed by atoms with Gasteiger partial charge in [0.25, 0.3) is 5.91 Å². The van der Waals surface area contributed by atoms with Crippen LogP contribution in [0.3, 0.4) is 0 Å². The third-order valence-corrected chi connectivity index (χ3v) is 3.32. The van der Waals surface area contributed by atoms with E-state index in [1.165, 1.54) is 6.07 Å². The number of rotatable bonds is 4. The molecule has 0 aliphatic heterocycles. The van der Waals surface area contributed by atoms with Crippen molar-refractivity contribution in [2.75, 3.05) is 5.32 Å². The van der Waals surface area contributed by atoms with Gasteiger partial charge in [-0.15, -0.1) is 0 Å². The molecule has 0 saturated carbocycles. The quantitative estimate of drug-likeness (QED) is 0.901. The molecule has 6 heteroatoms. The topological polar surface area (TPSA) is 68.0 Å². The second-order valence-corrected chi connectivity index (χ2v) is 5.21. The van der Waals surface area contributed by atoms with Gasteiger partial charge in [0.15, 0.2) is 0 Å². The van der Waals surface area contributed by atoms with Gasteiger partial charge < -0.3 is 11.1 Å². The molecule has 104 valence electrons. The molecule has 1 heterocycles. The highest BCUT2D eigenvalue weighted by Crippen LogP contribution is 2.25. The first-order valence-corrected chi connectivity index (χ1v) is 6.71. The SMILES string of the molecule is Cc1cccnc1CNc1cc(Br)cc(F)c1C(N)=O. The van der Waals surface area contributed by atoms with Crippen LogP contribution < -0.4 is 11.1 Å². The maximum atomic E-state index is 13.8. The average molecular weight is 338 g/mol. The van der Waals surface area contributed by atoms with Crippen molar-refractivity contribution in [2.45, 2.75) is 13.5 Å². The van der Waals surface area contributed by atoms with Gasteiger partial charge in [0.05, 0.1) is 23.5 Å². The van der Waals surface area contributed by atoms with Crippen LogP contribution in [0.1, 0.15) is 21.6 Å². The molecule has 1 aromatic carbocycles. The number of aromatic nitrogens is 1. The fraction of sp³-hybridized carbons (Fsp3) is 0.143. The van der Waals surface area contributed by atoms with Crippen molar-refractivity contribution in [2.24, 2.45) is 5.73 Å². The number of amides is 1. The standard InChI is InChI=1S/C14H13BrFN3O/c1-8-3-2-4-18-12(8)7-19-11-6-9(15)5-10(16)13(11)14(17)20/h2-6,19H,7H2,1H3,(H2,17,20). The molecule has 3 N–H and O–H groups in total. The number of nitrogens with two attached hydrogens (primary N) is 1. The lowest BCUT2D eigenvalue weighted by molar-refractivity contribution is 0.0997. The van der Waals surface area contributed by atoms with E-state index in [9.17, 15) is 9.18 Å². The predicted molar refractivity (Wildman–Crippen MR) is 78.9 cm³/mol. The van der Waals surface area contributed by atoms with Gasteiger partial charge in [0.2, 0.25) is 0 Å². The third-order valence-electron chi connectivity index (χ3n) is 2.87. The summed E-state index contributed by atoms with van der Waals surface area (Å²) < 4.78 is 14.3. The number of nitrogens with zero attached hydrogens (tertiary/aromatic N) is 1. The number of nitrogens with one attached hydrogen (secondary N) is 1. The molecule has 0 unspecified atom stereocenters. The van der Waals surface area contributed by atoms with Gasteiger partial charge in [0, 0.05) is 10.7 Å². The summed E-state index contributed by atoms with van der Waals surface area (Å²) in [6.45, 7) is 2.31. The first-order chi connectivity index (χ1) is 9.49. The second-order valence-electron chi connectivity index (χ2n) is 4.29. The minimum absolute atomic E-state index is 0.151. The van der Waals surface area contributed by atoms with Crippen LogP contribution in [0.15, 0.2) is 34.9 Å². The number of hydrogen-bond acceptors (Lipinski definition) is 3. The highest BCUT2D eigenvalue weighted by Gasteiger charge is 2.15. The summed E-state index contributed by atoms with van der Waals surface area (Å²) in [7, 11) is 0. The minimum Gasteiger partial charge on any atom is -0.379 e. The molecule has 0 aliphatic carbocycles. The van der Waals surface area contributed by atoms with Crippen LogP contribution in [-0.2, 0) is 6.54 Å². The Labute approximate surface area is 124 Å². The van der Waals surface area contributed by atoms with Gasteiger partial charge in [-0.2, -0.15) is 0 Å². The second kappa shape index (κ2) is 6.00. The van der Waals surface area contributed by atoms with E-state index >= 15 is 0 Å². The first-order valence-electron chi connectivity index (χ1n) is 5.92. The molecule has 2 aromatic rings. The van der Waals surface area contributed by atoms with E-state index in [-0.39, 0.29) is 5.56 Å². The molecule has 20 heavy (non-hydrogen) atoms. The van der Waals surface area contributed by atoms with Gasteiger partial charge in [0.1, 0.15) is 5.82 Å². The summed E-state index contributed by atoms with van der Waals surface area (Å²) in [5, 5.41) is 3.00. The Morgan fingerprint density at radius 1 is 1.50 bits per heavy atom. The largest absolute Gasteiger partial charge is 0.379 e. The van der Waals surface area contributed by atoms with Crippen LogP contribution in [0, 0.1) is 12.7 Å². The van der Waals surface area contributed by atoms with Crippen molar-refractivity contribution in [1.82, 2.24) is 4.98 Å². The van der Waals surface area contributed by atoms with Crippen molar-refractivity contribution < 1.29 is 9.18 Å². The zero-order valence-electron chi connectivity index (χ0n) is 10.8.